The molecule has 5 nitrogen and oxygen atoms in total. The van der Waals surface area contributed by atoms with E-state index >= 15 is 0 Å². The first-order valence-corrected chi connectivity index (χ1v) is 11.3. The van der Waals surface area contributed by atoms with Crippen LogP contribution in [0.25, 0.3) is 0 Å². The van der Waals surface area contributed by atoms with Gasteiger partial charge in [-0.25, -0.2) is 8.42 Å². The van der Waals surface area contributed by atoms with E-state index in [4.69, 9.17) is 16.3 Å². The molecule has 0 aromatic heterocycles. The number of ether oxygens (including phenoxy) is 1. The third-order valence-electron chi connectivity index (χ3n) is 4.61. The van der Waals surface area contributed by atoms with E-state index in [0.29, 0.717) is 32.8 Å². The van der Waals surface area contributed by atoms with Crippen molar-refractivity contribution in [1.29, 1.82) is 0 Å². The molecule has 166 valence electrons. The third-order valence-corrected chi connectivity index (χ3v) is 6.69. The maximum Gasteiger partial charge on any atom is 0.404 e. The van der Waals surface area contributed by atoms with Gasteiger partial charge in [0.2, 0.25) is 10.0 Å². The Hall–Kier alpha value is -2.52. The maximum absolute atomic E-state index is 12.7. The van der Waals surface area contributed by atoms with E-state index in [1.165, 1.54) is 7.05 Å². The van der Waals surface area contributed by atoms with Gasteiger partial charge in [-0.2, -0.15) is 13.2 Å². The molecule has 0 atom stereocenters. The van der Waals surface area contributed by atoms with Gasteiger partial charge in [0.05, 0.1) is 6.54 Å². The van der Waals surface area contributed by atoms with E-state index in [1.807, 2.05) is 18.2 Å². The van der Waals surface area contributed by atoms with Crippen molar-refractivity contribution < 1.29 is 26.3 Å². The van der Waals surface area contributed by atoms with Crippen molar-refractivity contribution in [2.24, 2.45) is 4.99 Å². The fourth-order valence-corrected chi connectivity index (χ4v) is 4.78. The second-order valence-electron chi connectivity index (χ2n) is 6.89. The molecule has 1 aliphatic heterocycles. The van der Waals surface area contributed by atoms with Gasteiger partial charge >= 0.3 is 6.18 Å². The highest BCUT2D eigenvalue weighted by molar-refractivity contribution is 7.89. The largest absolute Gasteiger partial charge is 0.457 e. The lowest BCUT2D eigenvalue weighted by atomic mass is 9.99. The van der Waals surface area contributed by atoms with Gasteiger partial charge in [-0.15, -0.1) is 0 Å². The smallest absolute Gasteiger partial charge is 0.404 e. The summed E-state index contributed by atoms with van der Waals surface area (Å²) >= 11 is 6.39. The average molecular weight is 473 g/mol. The number of amidine groups is 1. The molecule has 0 saturated carbocycles. The fraction of sp³-hybridized carbons (Fsp3) is 0.286. The van der Waals surface area contributed by atoms with E-state index in [0.717, 1.165) is 5.57 Å². The second kappa shape index (κ2) is 9.32. The molecule has 1 aliphatic rings. The molecule has 0 spiro atoms. The van der Waals surface area contributed by atoms with Crippen LogP contribution in [0.1, 0.15) is 12.0 Å². The van der Waals surface area contributed by atoms with Crippen molar-refractivity contribution in [1.82, 2.24) is 4.31 Å². The summed E-state index contributed by atoms with van der Waals surface area (Å²) in [5.41, 5.74) is 1.48. The highest BCUT2D eigenvalue weighted by atomic mass is 35.5. The molecule has 0 radical (unpaired) electrons. The van der Waals surface area contributed by atoms with Crippen molar-refractivity contribution >= 4 is 27.5 Å². The normalized spacial score (nSPS) is 16.4. The molecule has 0 N–H and O–H groups in total. The molecule has 31 heavy (non-hydrogen) atoms. The zero-order valence-electron chi connectivity index (χ0n) is 16.6. The zero-order valence-corrected chi connectivity index (χ0v) is 18.1. The molecule has 0 aliphatic carbocycles. The highest BCUT2D eigenvalue weighted by Gasteiger charge is 2.40. The lowest BCUT2D eigenvalue weighted by Gasteiger charge is -2.29. The second-order valence-corrected chi connectivity index (χ2v) is 9.19. The van der Waals surface area contributed by atoms with Crippen molar-refractivity contribution in [2.75, 3.05) is 19.3 Å². The van der Waals surface area contributed by atoms with Crippen LogP contribution in [0, 0.1) is 0 Å². The van der Waals surface area contributed by atoms with Crippen LogP contribution >= 0.6 is 11.6 Å². The Morgan fingerprint density at radius 1 is 1.13 bits per heavy atom. The van der Waals surface area contributed by atoms with Gasteiger partial charge in [0.1, 0.15) is 17.3 Å². The van der Waals surface area contributed by atoms with E-state index in [2.05, 4.69) is 4.99 Å². The van der Waals surface area contributed by atoms with E-state index in [1.54, 1.807) is 36.4 Å². The number of benzene rings is 2. The van der Waals surface area contributed by atoms with Gasteiger partial charge in [-0.05, 0) is 30.7 Å². The van der Waals surface area contributed by atoms with Gasteiger partial charge in [0, 0.05) is 24.1 Å². The number of para-hydroxylation sites is 1. The van der Waals surface area contributed by atoms with E-state index < -0.39 is 22.0 Å². The lowest BCUT2D eigenvalue weighted by molar-refractivity contribution is -0.106. The van der Waals surface area contributed by atoms with Crippen LogP contribution in [0.3, 0.4) is 0 Å². The average Bonchev–Trinajstić information content (AvgIpc) is 2.69. The van der Waals surface area contributed by atoms with Crippen molar-refractivity contribution in [3.8, 4) is 11.5 Å². The van der Waals surface area contributed by atoms with Gasteiger partial charge in [0.15, 0.2) is 5.75 Å². The highest BCUT2D eigenvalue weighted by Crippen LogP contribution is 2.34. The Kier molecular flexibility index (Phi) is 6.96. The number of aliphatic imine (C=N–C) groups is 1. The third kappa shape index (κ3) is 6.01. The summed E-state index contributed by atoms with van der Waals surface area (Å²) in [4.78, 5) is 3.92. The van der Waals surface area contributed by atoms with E-state index in [-0.39, 0.29) is 18.8 Å². The van der Waals surface area contributed by atoms with Gasteiger partial charge in [-0.3, -0.25) is 9.30 Å². The SMILES string of the molecule is CN=C1CC(Cc2c(Cl)cccc2Oc2ccccc2)=CCN1S(=O)(=O)CC(F)(F)F. The Bertz CT molecular complexity index is 1100. The number of nitrogens with zero attached hydrogens (tertiary/aromatic N) is 2. The first kappa shape index (κ1) is 23.1. The molecule has 0 fully saturated rings. The molecule has 10 heteroatoms. The van der Waals surface area contributed by atoms with Crippen LogP contribution in [-0.2, 0) is 16.4 Å². The first-order valence-electron chi connectivity index (χ1n) is 9.30. The summed E-state index contributed by atoms with van der Waals surface area (Å²) in [6.45, 7) is -0.222. The molecular formula is C21H20ClF3N2O3S. The number of rotatable bonds is 6. The van der Waals surface area contributed by atoms with Crippen LogP contribution in [-0.4, -0.2) is 44.1 Å². The summed E-state index contributed by atoms with van der Waals surface area (Å²) in [5.74, 6) is -0.702. The number of alkyl halides is 3. The standard InChI is InChI=1S/C21H20ClF3N2O3S/c1-26-20-13-15(10-11-27(20)31(28,29)14-21(23,24)25)12-17-18(22)8-5-9-19(17)30-16-6-3-2-4-7-16/h2-10H,11-14H2,1H3. The fourth-order valence-electron chi connectivity index (χ4n) is 3.21. The summed E-state index contributed by atoms with van der Waals surface area (Å²) < 4.78 is 69.1. The molecule has 0 unspecified atom stereocenters. The topological polar surface area (TPSA) is 59.0 Å². The Morgan fingerprint density at radius 2 is 1.84 bits per heavy atom. The zero-order chi connectivity index (χ0) is 22.6. The Balaban J connectivity index is 1.84. The minimum Gasteiger partial charge on any atom is -0.457 e. The molecule has 2 aromatic rings. The lowest BCUT2D eigenvalue weighted by Crippen LogP contribution is -2.44. The summed E-state index contributed by atoms with van der Waals surface area (Å²) in [7, 11) is -3.22. The monoisotopic (exact) mass is 472 g/mol. The number of halogens is 4. The van der Waals surface area contributed by atoms with Crippen LogP contribution in [0.5, 0.6) is 11.5 Å². The molecule has 0 bridgehead atoms. The number of sulfonamides is 1. The minimum absolute atomic E-state index is 0.0549. The van der Waals surface area contributed by atoms with Crippen LogP contribution in [0.15, 0.2) is 65.2 Å². The molecule has 2 aromatic carbocycles. The molecular weight excluding hydrogens is 453 g/mol. The first-order chi connectivity index (χ1) is 14.6. The number of hydrogen-bond donors (Lipinski definition) is 0. The Labute approximate surface area is 183 Å². The van der Waals surface area contributed by atoms with Crippen LogP contribution in [0.2, 0.25) is 5.02 Å². The van der Waals surface area contributed by atoms with Crippen LogP contribution < -0.4 is 4.74 Å². The molecule has 0 amide bonds. The van der Waals surface area contributed by atoms with Crippen molar-refractivity contribution in [3.05, 3.63) is 70.8 Å². The molecule has 3 rings (SSSR count). The maximum atomic E-state index is 12.7. The predicted molar refractivity (Wildman–Crippen MR) is 114 cm³/mol. The summed E-state index contributed by atoms with van der Waals surface area (Å²) in [5, 5.41) is 0.469. The summed E-state index contributed by atoms with van der Waals surface area (Å²) in [6.07, 6.45) is -2.81. The van der Waals surface area contributed by atoms with Gasteiger partial charge in [-0.1, -0.05) is 47.5 Å². The van der Waals surface area contributed by atoms with Gasteiger partial charge in [0.25, 0.3) is 0 Å². The molecule has 0 saturated heterocycles. The summed E-state index contributed by atoms with van der Waals surface area (Å²) in [6, 6.07) is 14.4. The quantitative estimate of drug-likeness (QED) is 0.541. The van der Waals surface area contributed by atoms with Crippen LogP contribution in [0.4, 0.5) is 13.2 Å². The van der Waals surface area contributed by atoms with Crippen molar-refractivity contribution in [2.45, 2.75) is 19.0 Å². The van der Waals surface area contributed by atoms with Gasteiger partial charge < -0.3 is 4.74 Å². The predicted octanol–water partition coefficient (Wildman–Crippen LogP) is 5.23. The molecule has 1 heterocycles. The Morgan fingerprint density at radius 3 is 2.48 bits per heavy atom. The number of hydrogen-bond acceptors (Lipinski definition) is 4. The van der Waals surface area contributed by atoms with Crippen molar-refractivity contribution in [3.63, 3.8) is 0 Å². The minimum atomic E-state index is -4.83. The van der Waals surface area contributed by atoms with E-state index in [9.17, 15) is 21.6 Å².